The number of aliphatic hydroxyl groups is 3. The summed E-state index contributed by atoms with van der Waals surface area (Å²) in [6.45, 7) is 0.729. The third-order valence-corrected chi connectivity index (χ3v) is 13.2. The molecule has 0 unspecified atom stereocenters. The number of phenolic OH excluding ortho intramolecular Hbond substituents is 1. The van der Waals surface area contributed by atoms with Gasteiger partial charge in [0.2, 0.25) is 59.1 Å². The molecule has 29 nitrogen and oxygen atoms in total. The number of rotatable bonds is 36. The maximum absolute atomic E-state index is 14.2. The van der Waals surface area contributed by atoms with Crippen LogP contribution < -0.4 is 59.3 Å². The molecular weight excluding hydrogens is 1120 g/mol. The molecule has 0 spiro atoms. The van der Waals surface area contributed by atoms with E-state index in [9.17, 15) is 88.2 Å². The fraction of sp³-hybridized carbons (Fsp3) is 0.444. The molecule has 3 rings (SSSR count). The molecule has 0 aromatic heterocycles. The van der Waals surface area contributed by atoms with Crippen molar-refractivity contribution in [2.45, 2.75) is 125 Å². The van der Waals surface area contributed by atoms with Crippen molar-refractivity contribution in [3.63, 3.8) is 0 Å². The smallest absolute Gasteiger partial charge is 0.328 e. The van der Waals surface area contributed by atoms with Gasteiger partial charge in [0.15, 0.2) is 0 Å². The number of carboxylic acids is 2. The number of nitrogens with two attached hydrogens (primary N) is 2. The van der Waals surface area contributed by atoms with Gasteiger partial charge in [0.05, 0.1) is 31.8 Å². The molecular formula is C54H73N11O18S. The van der Waals surface area contributed by atoms with Crippen LogP contribution in [0.15, 0.2) is 84.9 Å². The van der Waals surface area contributed by atoms with Crippen molar-refractivity contribution in [1.29, 1.82) is 0 Å². The second-order valence-corrected chi connectivity index (χ2v) is 20.3. The number of carboxylic acid groups (broad SMARTS) is 2. The Kier molecular flexibility index (Phi) is 29.2. The highest BCUT2D eigenvalue weighted by Gasteiger charge is 2.38. The van der Waals surface area contributed by atoms with Gasteiger partial charge in [0.25, 0.3) is 0 Å². The number of primary amides is 1. The first-order chi connectivity index (χ1) is 39.8. The van der Waals surface area contributed by atoms with E-state index in [-0.39, 0.29) is 37.2 Å². The number of amides is 10. The maximum Gasteiger partial charge on any atom is 0.328 e. The van der Waals surface area contributed by atoms with Gasteiger partial charge in [-0.05, 0) is 67.5 Å². The summed E-state index contributed by atoms with van der Waals surface area (Å²) in [5.74, 6) is -14.1. The number of benzene rings is 3. The minimum absolute atomic E-state index is 0.0597. The predicted octanol–water partition coefficient (Wildman–Crippen LogP) is -4.93. The molecule has 19 N–H and O–H groups in total. The van der Waals surface area contributed by atoms with E-state index in [2.05, 4.69) is 47.9 Å². The number of hydrogen-bond donors (Lipinski definition) is 17. The Labute approximate surface area is 486 Å². The number of carbonyl (C=O) groups excluding carboxylic acids is 10. The Morgan fingerprint density at radius 2 is 0.857 bits per heavy atom. The minimum Gasteiger partial charge on any atom is -0.508 e. The topological polar surface area (TPSA) is 487 Å². The predicted molar refractivity (Wildman–Crippen MR) is 300 cm³/mol. The van der Waals surface area contributed by atoms with Crippen molar-refractivity contribution >= 4 is 82.8 Å². The van der Waals surface area contributed by atoms with Crippen molar-refractivity contribution in [2.24, 2.45) is 11.5 Å². The number of carbonyl (C=O) groups is 12. The van der Waals surface area contributed by atoms with Gasteiger partial charge < -0.3 is 90.0 Å². The molecule has 0 heterocycles. The van der Waals surface area contributed by atoms with E-state index >= 15 is 0 Å². The van der Waals surface area contributed by atoms with E-state index in [1.807, 2.05) is 0 Å². The van der Waals surface area contributed by atoms with Crippen molar-refractivity contribution in [3.05, 3.63) is 102 Å². The van der Waals surface area contributed by atoms with Gasteiger partial charge >= 0.3 is 11.9 Å². The summed E-state index contributed by atoms with van der Waals surface area (Å²) in [4.78, 5) is 160. The van der Waals surface area contributed by atoms with Crippen LogP contribution in [0, 0.1) is 0 Å². The fourth-order valence-electron chi connectivity index (χ4n) is 8.01. The van der Waals surface area contributed by atoms with Gasteiger partial charge in [0.1, 0.15) is 60.1 Å². The van der Waals surface area contributed by atoms with E-state index in [4.69, 9.17) is 11.5 Å². The number of phenols is 1. The average Bonchev–Trinajstić information content (AvgIpc) is 3.63. The van der Waals surface area contributed by atoms with Crippen LogP contribution in [0.1, 0.15) is 56.2 Å². The third kappa shape index (κ3) is 24.0. The van der Waals surface area contributed by atoms with Crippen LogP contribution in [0.5, 0.6) is 5.75 Å². The first-order valence-electron chi connectivity index (χ1n) is 26.2. The van der Waals surface area contributed by atoms with Gasteiger partial charge in [0, 0.05) is 25.7 Å². The number of hydrogen-bond acceptors (Lipinski definition) is 18. The summed E-state index contributed by atoms with van der Waals surface area (Å²) >= 11 is 1.26. The van der Waals surface area contributed by atoms with Gasteiger partial charge in [-0.2, -0.15) is 11.8 Å². The number of aromatic hydroxyl groups is 1. The Morgan fingerprint density at radius 1 is 0.488 bits per heavy atom. The van der Waals surface area contributed by atoms with Crippen molar-refractivity contribution < 1.29 is 88.2 Å². The highest BCUT2D eigenvalue weighted by molar-refractivity contribution is 7.98. The summed E-state index contributed by atoms with van der Waals surface area (Å²) in [6, 6.07) is 6.29. The first kappa shape index (κ1) is 69.6. The van der Waals surface area contributed by atoms with Crippen LogP contribution >= 0.6 is 11.8 Å². The molecule has 0 saturated heterocycles. The zero-order chi connectivity index (χ0) is 62.6. The Hall–Kier alpha value is -8.71. The van der Waals surface area contributed by atoms with Gasteiger partial charge in [-0.25, -0.2) is 4.79 Å². The SMILES string of the molecule is CSCC[C@H](NC(=O)[C@H](Cc1ccc(O)cc1)NC(=O)[C@H](CCC(N)=O)NC(=O)[C@H](CC(=O)O)NC(=O)[C@@H](NC(=O)[C@H](Cc1ccccc1)NC(=O)[C@@H](NC(=O)[C@H](Cc1ccccc1)NC(=O)CN)[C@@H](C)O)[C@@H](C)O)C(=O)N[C@@H](CO)C(=O)O. The second-order valence-electron chi connectivity index (χ2n) is 19.3. The molecule has 0 aliphatic carbocycles. The van der Waals surface area contributed by atoms with E-state index in [0.717, 1.165) is 13.8 Å². The lowest BCUT2D eigenvalue weighted by Gasteiger charge is -2.29. The normalized spacial score (nSPS) is 14.9. The Balaban J connectivity index is 1.94. The van der Waals surface area contributed by atoms with Gasteiger partial charge in [-0.1, -0.05) is 72.8 Å². The molecule has 84 heavy (non-hydrogen) atoms. The summed E-state index contributed by atoms with van der Waals surface area (Å²) in [5.41, 5.74) is 12.2. The lowest BCUT2D eigenvalue weighted by molar-refractivity contribution is -0.143. The lowest BCUT2D eigenvalue weighted by Crippen LogP contribution is -2.63. The molecule has 0 bridgehead atoms. The minimum atomic E-state index is -2.12. The summed E-state index contributed by atoms with van der Waals surface area (Å²) in [6.07, 6.45) is -4.95. The standard InChI is InChI=1S/C54H73N11O18S/c1-28(67)44(64-50(78)36(57-42(71)26-55)22-30-10-6-4-7-11-30)52(80)61-38(23-31-12-8-5-9-13-31)51(79)65-45(29(2)68)53(81)62-39(25-43(72)73)49(77)58-34(18-19-41(56)70)46(74)60-37(24-32-14-16-33(69)17-15-32)48(76)59-35(20-21-84-3)47(75)63-40(27-66)54(82)83/h4-17,28-29,34-40,44-45,66-69H,18-27,55H2,1-3H3,(H2,56,70)(H,57,71)(H,58,77)(H,59,76)(H,60,74)(H,61,80)(H,62,81)(H,63,75)(H,64,78)(H,65,79)(H,72,73)(H,82,83)/t28-,29-,34+,35+,36+,37+,38+,39+,40+,44+,45+/m1/s1. The van der Waals surface area contributed by atoms with Crippen LogP contribution in [0.3, 0.4) is 0 Å². The number of thioether (sulfide) groups is 1. The van der Waals surface area contributed by atoms with E-state index in [1.165, 1.54) is 36.0 Å². The Morgan fingerprint density at radius 3 is 1.26 bits per heavy atom. The molecule has 0 aliphatic rings. The van der Waals surface area contributed by atoms with Crippen LogP contribution in [-0.4, -0.2) is 193 Å². The largest absolute Gasteiger partial charge is 0.508 e. The first-order valence-corrected chi connectivity index (χ1v) is 27.6. The second kappa shape index (κ2) is 35.3. The third-order valence-electron chi connectivity index (χ3n) is 12.5. The molecule has 3 aromatic carbocycles. The monoisotopic (exact) mass is 1200 g/mol. The van der Waals surface area contributed by atoms with Crippen LogP contribution in [-0.2, 0) is 76.8 Å². The van der Waals surface area contributed by atoms with Crippen LogP contribution in [0.25, 0.3) is 0 Å². The highest BCUT2D eigenvalue weighted by atomic mass is 32.2. The van der Waals surface area contributed by atoms with Gasteiger partial charge in [-0.3, -0.25) is 52.7 Å². The van der Waals surface area contributed by atoms with Crippen molar-refractivity contribution in [1.82, 2.24) is 47.9 Å². The Bertz CT molecular complexity index is 2740. The molecule has 10 amide bonds. The molecule has 11 atom stereocenters. The summed E-state index contributed by atoms with van der Waals surface area (Å²) in [5, 5.41) is 81.4. The van der Waals surface area contributed by atoms with Crippen LogP contribution in [0.2, 0.25) is 0 Å². The van der Waals surface area contributed by atoms with Crippen LogP contribution in [0.4, 0.5) is 0 Å². The number of nitrogens with one attached hydrogen (secondary N) is 9. The summed E-state index contributed by atoms with van der Waals surface area (Å²) < 4.78 is 0. The van der Waals surface area contributed by atoms with Gasteiger partial charge in [-0.15, -0.1) is 0 Å². The van der Waals surface area contributed by atoms with E-state index in [1.54, 1.807) is 66.9 Å². The maximum atomic E-state index is 14.2. The summed E-state index contributed by atoms with van der Waals surface area (Å²) in [7, 11) is 0. The van der Waals surface area contributed by atoms with Crippen molar-refractivity contribution in [2.75, 3.05) is 25.2 Å². The molecule has 458 valence electrons. The molecule has 3 aromatic rings. The number of aliphatic hydroxyl groups excluding tert-OH is 3. The zero-order valence-corrected chi connectivity index (χ0v) is 47.0. The average molecular weight is 1200 g/mol. The fourth-order valence-corrected chi connectivity index (χ4v) is 8.48. The molecule has 30 heteroatoms. The van der Waals surface area contributed by atoms with Crippen molar-refractivity contribution in [3.8, 4) is 5.75 Å². The number of aliphatic carboxylic acids is 2. The highest BCUT2D eigenvalue weighted by Crippen LogP contribution is 2.14. The zero-order valence-electron chi connectivity index (χ0n) is 46.2. The van der Waals surface area contributed by atoms with E-state index < -0.39 is 170 Å². The van der Waals surface area contributed by atoms with E-state index in [0.29, 0.717) is 16.7 Å². The molecule has 0 radical (unpaired) electrons. The quantitative estimate of drug-likeness (QED) is 0.0259. The molecule has 0 saturated carbocycles. The lowest BCUT2D eigenvalue weighted by atomic mass is 10.0. The molecule has 0 fully saturated rings. The molecule has 0 aliphatic heterocycles.